The van der Waals surface area contributed by atoms with Crippen molar-refractivity contribution in [1.29, 1.82) is 0 Å². The van der Waals surface area contributed by atoms with Gasteiger partial charge in [0.25, 0.3) is 5.91 Å². The Morgan fingerprint density at radius 3 is 1.85 bits per heavy atom. The third-order valence-corrected chi connectivity index (χ3v) is 3.89. The number of nitrogens with one attached hydrogen (secondary N) is 1. The van der Waals surface area contributed by atoms with E-state index in [1.807, 2.05) is 6.92 Å². The number of hydrogen-bond acceptors (Lipinski definition) is 4. The third kappa shape index (κ3) is 5.92. The average Bonchev–Trinajstić information content (AvgIpc) is 2.67. The molecule has 0 saturated carbocycles. The molecular formula is C21H25N3O2. The average molecular weight is 351 g/mol. The molecule has 0 saturated heterocycles. The smallest absolute Gasteiger partial charge is 0.251 e. The maximum Gasteiger partial charge on any atom is 0.251 e. The number of Topliss-reactive ketones (excluding diaryl/α,β-unsaturated/α-hetero) is 1. The van der Waals surface area contributed by atoms with Gasteiger partial charge in [0.05, 0.1) is 11.4 Å². The van der Waals surface area contributed by atoms with E-state index in [9.17, 15) is 9.59 Å². The largest absolute Gasteiger partial charge is 0.352 e. The first-order valence-corrected chi connectivity index (χ1v) is 9.07. The van der Waals surface area contributed by atoms with Crippen molar-refractivity contribution in [3.63, 3.8) is 0 Å². The van der Waals surface area contributed by atoms with E-state index in [0.29, 0.717) is 35.5 Å². The number of azo groups is 1. The first-order chi connectivity index (χ1) is 12.6. The van der Waals surface area contributed by atoms with Crippen LogP contribution < -0.4 is 5.32 Å². The molecule has 0 atom stereocenters. The Balaban J connectivity index is 1.95. The van der Waals surface area contributed by atoms with Gasteiger partial charge in [0.15, 0.2) is 5.78 Å². The second-order valence-corrected chi connectivity index (χ2v) is 6.08. The Labute approximate surface area is 154 Å². The van der Waals surface area contributed by atoms with Gasteiger partial charge in [-0.25, -0.2) is 0 Å². The van der Waals surface area contributed by atoms with Crippen molar-refractivity contribution < 1.29 is 9.59 Å². The zero-order valence-electron chi connectivity index (χ0n) is 15.4. The van der Waals surface area contributed by atoms with Crippen LogP contribution in [0, 0.1) is 0 Å². The lowest BCUT2D eigenvalue weighted by molar-refractivity contribution is 0.0951. The van der Waals surface area contributed by atoms with Crippen molar-refractivity contribution in [3.8, 4) is 0 Å². The molecule has 0 aliphatic rings. The highest BCUT2D eigenvalue weighted by Crippen LogP contribution is 2.20. The number of benzene rings is 2. The number of ketones is 1. The van der Waals surface area contributed by atoms with Gasteiger partial charge in [-0.3, -0.25) is 9.59 Å². The topological polar surface area (TPSA) is 70.9 Å². The number of carbonyl (C=O) groups is 2. The van der Waals surface area contributed by atoms with Gasteiger partial charge in [0.2, 0.25) is 0 Å². The van der Waals surface area contributed by atoms with Crippen LogP contribution in [0.3, 0.4) is 0 Å². The van der Waals surface area contributed by atoms with Crippen molar-refractivity contribution in [2.45, 2.75) is 39.5 Å². The molecule has 0 spiro atoms. The predicted octanol–water partition coefficient (Wildman–Crippen LogP) is 5.61. The number of rotatable bonds is 9. The van der Waals surface area contributed by atoms with Crippen molar-refractivity contribution in [1.82, 2.24) is 5.32 Å². The summed E-state index contributed by atoms with van der Waals surface area (Å²) in [5.74, 6) is 0.0677. The summed E-state index contributed by atoms with van der Waals surface area (Å²) in [4.78, 5) is 23.8. The molecule has 0 heterocycles. The SMILES string of the molecule is CCCCNC(=O)c1ccc(N=Nc2ccc(C(=O)CCC)cc2)cc1. The molecule has 0 unspecified atom stereocenters. The summed E-state index contributed by atoms with van der Waals surface area (Å²) in [5.41, 5.74) is 2.66. The van der Waals surface area contributed by atoms with Crippen LogP contribution in [0.15, 0.2) is 58.8 Å². The highest BCUT2D eigenvalue weighted by Gasteiger charge is 2.05. The van der Waals surface area contributed by atoms with Crippen LogP contribution >= 0.6 is 0 Å². The Bertz CT molecular complexity index is 750. The van der Waals surface area contributed by atoms with E-state index in [2.05, 4.69) is 22.5 Å². The molecule has 1 amide bonds. The molecular weight excluding hydrogens is 326 g/mol. The second-order valence-electron chi connectivity index (χ2n) is 6.08. The van der Waals surface area contributed by atoms with Crippen LogP contribution in [0.4, 0.5) is 11.4 Å². The van der Waals surface area contributed by atoms with E-state index >= 15 is 0 Å². The summed E-state index contributed by atoms with van der Waals surface area (Å²) in [5, 5.41) is 11.2. The van der Waals surface area contributed by atoms with Crippen LogP contribution in [0.2, 0.25) is 0 Å². The zero-order valence-corrected chi connectivity index (χ0v) is 15.4. The molecule has 0 bridgehead atoms. The van der Waals surface area contributed by atoms with E-state index in [-0.39, 0.29) is 11.7 Å². The molecule has 1 N–H and O–H groups in total. The van der Waals surface area contributed by atoms with Gasteiger partial charge < -0.3 is 5.32 Å². The maximum atomic E-state index is 12.0. The van der Waals surface area contributed by atoms with E-state index in [4.69, 9.17) is 0 Å². The monoisotopic (exact) mass is 351 g/mol. The highest BCUT2D eigenvalue weighted by atomic mass is 16.1. The lowest BCUT2D eigenvalue weighted by Crippen LogP contribution is -2.24. The van der Waals surface area contributed by atoms with Gasteiger partial charge in [-0.15, -0.1) is 0 Å². The molecule has 26 heavy (non-hydrogen) atoms. The summed E-state index contributed by atoms with van der Waals surface area (Å²) in [6.45, 7) is 4.76. The fraction of sp³-hybridized carbons (Fsp3) is 0.333. The molecule has 2 aromatic carbocycles. The Morgan fingerprint density at radius 2 is 1.35 bits per heavy atom. The number of unbranched alkanes of at least 4 members (excludes halogenated alkanes) is 1. The Kier molecular flexibility index (Phi) is 7.68. The van der Waals surface area contributed by atoms with Crippen molar-refractivity contribution >= 4 is 23.1 Å². The standard InChI is InChI=1S/C21H25N3O2/c1-3-5-15-22-21(26)17-9-13-19(14-10-17)24-23-18-11-7-16(8-12-18)20(25)6-4-2/h7-14H,3-6,15H2,1-2H3,(H,22,26). The summed E-state index contributed by atoms with van der Waals surface area (Å²) >= 11 is 0. The molecule has 0 radical (unpaired) electrons. The van der Waals surface area contributed by atoms with Gasteiger partial charge in [-0.05, 0) is 61.4 Å². The molecule has 0 aromatic heterocycles. The number of amides is 1. The Morgan fingerprint density at radius 1 is 0.808 bits per heavy atom. The molecule has 0 aliphatic carbocycles. The maximum absolute atomic E-state index is 12.0. The first kappa shape index (κ1) is 19.5. The Hall–Kier alpha value is -2.82. The second kappa shape index (κ2) is 10.2. The highest BCUT2D eigenvalue weighted by molar-refractivity contribution is 5.96. The fourth-order valence-corrected chi connectivity index (χ4v) is 2.36. The molecule has 5 heteroatoms. The molecule has 0 fully saturated rings. The van der Waals surface area contributed by atoms with Crippen molar-refractivity contribution in [3.05, 3.63) is 59.7 Å². The number of nitrogens with zero attached hydrogens (tertiary/aromatic N) is 2. The van der Waals surface area contributed by atoms with E-state index in [1.165, 1.54) is 0 Å². The molecule has 2 aromatic rings. The van der Waals surface area contributed by atoms with Crippen LogP contribution in [-0.4, -0.2) is 18.2 Å². The molecule has 136 valence electrons. The number of hydrogen-bond donors (Lipinski definition) is 1. The number of carbonyl (C=O) groups excluding carboxylic acids is 2. The summed E-state index contributed by atoms with van der Waals surface area (Å²) in [6, 6.07) is 14.1. The molecule has 0 aliphatic heterocycles. The fourth-order valence-electron chi connectivity index (χ4n) is 2.36. The minimum absolute atomic E-state index is 0.0747. The predicted molar refractivity (Wildman–Crippen MR) is 104 cm³/mol. The van der Waals surface area contributed by atoms with Gasteiger partial charge in [-0.2, -0.15) is 10.2 Å². The van der Waals surface area contributed by atoms with E-state index < -0.39 is 0 Å². The minimum Gasteiger partial charge on any atom is -0.352 e. The van der Waals surface area contributed by atoms with Crippen molar-refractivity contribution in [2.75, 3.05) is 6.54 Å². The lowest BCUT2D eigenvalue weighted by atomic mass is 10.1. The summed E-state index contributed by atoms with van der Waals surface area (Å²) < 4.78 is 0. The van der Waals surface area contributed by atoms with Crippen LogP contribution in [0.25, 0.3) is 0 Å². The molecule has 2 rings (SSSR count). The van der Waals surface area contributed by atoms with Crippen LogP contribution in [0.1, 0.15) is 60.2 Å². The van der Waals surface area contributed by atoms with Crippen LogP contribution in [-0.2, 0) is 0 Å². The van der Waals surface area contributed by atoms with Gasteiger partial charge in [-0.1, -0.05) is 20.3 Å². The minimum atomic E-state index is -0.0747. The summed E-state index contributed by atoms with van der Waals surface area (Å²) in [7, 11) is 0. The van der Waals surface area contributed by atoms with Crippen LogP contribution in [0.5, 0.6) is 0 Å². The molecule has 5 nitrogen and oxygen atoms in total. The van der Waals surface area contributed by atoms with Crippen molar-refractivity contribution in [2.24, 2.45) is 10.2 Å². The van der Waals surface area contributed by atoms with Gasteiger partial charge >= 0.3 is 0 Å². The van der Waals surface area contributed by atoms with Gasteiger partial charge in [0, 0.05) is 24.1 Å². The van der Waals surface area contributed by atoms with E-state index in [1.54, 1.807) is 48.5 Å². The third-order valence-electron chi connectivity index (χ3n) is 3.89. The normalized spacial score (nSPS) is 10.8. The zero-order chi connectivity index (χ0) is 18.8. The summed E-state index contributed by atoms with van der Waals surface area (Å²) in [6.07, 6.45) is 3.42. The van der Waals surface area contributed by atoms with E-state index in [0.717, 1.165) is 19.3 Å². The lowest BCUT2D eigenvalue weighted by Gasteiger charge is -2.04. The van der Waals surface area contributed by atoms with Gasteiger partial charge in [0.1, 0.15) is 0 Å². The first-order valence-electron chi connectivity index (χ1n) is 9.07. The quantitative estimate of drug-likeness (QED) is 0.362.